The van der Waals surface area contributed by atoms with Gasteiger partial charge in [0.2, 0.25) is 0 Å². The number of nitrogens with one attached hydrogen (secondary N) is 2. The van der Waals surface area contributed by atoms with Crippen LogP contribution in [0, 0.1) is 0 Å². The SMILES string of the molecule is CC1CC(NC(=O)OCc2ccccc2)CCN1. The minimum absolute atomic E-state index is 0.226. The van der Waals surface area contributed by atoms with E-state index in [0.29, 0.717) is 12.6 Å². The first-order chi connectivity index (χ1) is 8.74. The maximum Gasteiger partial charge on any atom is 0.407 e. The fraction of sp³-hybridized carbons (Fsp3) is 0.500. The van der Waals surface area contributed by atoms with Crippen molar-refractivity contribution >= 4 is 6.09 Å². The van der Waals surface area contributed by atoms with E-state index in [9.17, 15) is 4.79 Å². The van der Waals surface area contributed by atoms with Gasteiger partial charge in [0, 0.05) is 12.1 Å². The molecule has 0 aromatic heterocycles. The van der Waals surface area contributed by atoms with Gasteiger partial charge in [-0.1, -0.05) is 30.3 Å². The van der Waals surface area contributed by atoms with Crippen LogP contribution in [0.2, 0.25) is 0 Å². The second kappa shape index (κ2) is 6.40. The van der Waals surface area contributed by atoms with Crippen LogP contribution in [0.5, 0.6) is 0 Å². The van der Waals surface area contributed by atoms with Crippen LogP contribution < -0.4 is 10.6 Å². The van der Waals surface area contributed by atoms with Crippen LogP contribution in [0.15, 0.2) is 30.3 Å². The number of hydrogen-bond acceptors (Lipinski definition) is 3. The van der Waals surface area contributed by atoms with Gasteiger partial charge in [-0.2, -0.15) is 0 Å². The highest BCUT2D eigenvalue weighted by Gasteiger charge is 2.20. The van der Waals surface area contributed by atoms with E-state index in [2.05, 4.69) is 17.6 Å². The second-order valence-corrected chi connectivity index (χ2v) is 4.78. The standard InChI is InChI=1S/C14H20N2O2/c1-11-9-13(7-8-15-11)16-14(17)18-10-12-5-3-2-4-6-12/h2-6,11,13,15H,7-10H2,1H3,(H,16,17). The Bertz CT molecular complexity index is 381. The van der Waals surface area contributed by atoms with Gasteiger partial charge in [-0.15, -0.1) is 0 Å². The molecule has 1 aliphatic rings. The van der Waals surface area contributed by atoms with Gasteiger partial charge >= 0.3 is 6.09 Å². The monoisotopic (exact) mass is 248 g/mol. The summed E-state index contributed by atoms with van der Waals surface area (Å²) in [4.78, 5) is 11.6. The molecule has 0 bridgehead atoms. The van der Waals surface area contributed by atoms with Crippen molar-refractivity contribution in [3.63, 3.8) is 0 Å². The minimum Gasteiger partial charge on any atom is -0.445 e. The smallest absolute Gasteiger partial charge is 0.407 e. The zero-order valence-corrected chi connectivity index (χ0v) is 10.7. The molecule has 2 N–H and O–H groups in total. The van der Waals surface area contributed by atoms with Crippen LogP contribution in [0.1, 0.15) is 25.3 Å². The zero-order chi connectivity index (χ0) is 12.8. The summed E-state index contributed by atoms with van der Waals surface area (Å²) in [5.74, 6) is 0. The van der Waals surface area contributed by atoms with E-state index in [4.69, 9.17) is 4.74 Å². The summed E-state index contributed by atoms with van der Waals surface area (Å²) in [7, 11) is 0. The van der Waals surface area contributed by atoms with Crippen molar-refractivity contribution in [2.75, 3.05) is 6.54 Å². The number of piperidine rings is 1. The number of rotatable bonds is 3. The summed E-state index contributed by atoms with van der Waals surface area (Å²) in [5, 5.41) is 6.27. The lowest BCUT2D eigenvalue weighted by Gasteiger charge is -2.28. The number of alkyl carbamates (subject to hydrolysis) is 1. The van der Waals surface area contributed by atoms with E-state index < -0.39 is 0 Å². The predicted octanol–water partition coefficient (Wildman–Crippen LogP) is 2.05. The lowest BCUT2D eigenvalue weighted by Crippen LogP contribution is -2.46. The van der Waals surface area contributed by atoms with Crippen molar-refractivity contribution in [2.45, 2.75) is 38.5 Å². The largest absolute Gasteiger partial charge is 0.445 e. The summed E-state index contributed by atoms with van der Waals surface area (Å²) >= 11 is 0. The summed E-state index contributed by atoms with van der Waals surface area (Å²) in [6.07, 6.45) is 1.60. The van der Waals surface area contributed by atoms with E-state index in [1.54, 1.807) is 0 Å². The molecule has 1 aromatic carbocycles. The van der Waals surface area contributed by atoms with Gasteiger partial charge in [0.1, 0.15) is 6.61 Å². The first kappa shape index (κ1) is 12.9. The average molecular weight is 248 g/mol. The van der Waals surface area contributed by atoms with Crippen LogP contribution in [0.3, 0.4) is 0 Å². The highest BCUT2D eigenvalue weighted by atomic mass is 16.5. The lowest BCUT2D eigenvalue weighted by atomic mass is 10.0. The Hall–Kier alpha value is -1.55. The average Bonchev–Trinajstić information content (AvgIpc) is 2.38. The number of hydrogen-bond donors (Lipinski definition) is 2. The molecule has 18 heavy (non-hydrogen) atoms. The molecule has 0 radical (unpaired) electrons. The molecule has 4 heteroatoms. The first-order valence-electron chi connectivity index (χ1n) is 6.44. The van der Waals surface area contributed by atoms with E-state index in [0.717, 1.165) is 24.9 Å². The van der Waals surface area contributed by atoms with Gasteiger partial charge in [-0.25, -0.2) is 4.79 Å². The Kier molecular flexibility index (Phi) is 4.59. The fourth-order valence-electron chi connectivity index (χ4n) is 2.19. The van der Waals surface area contributed by atoms with Gasteiger partial charge in [-0.05, 0) is 31.9 Å². The molecule has 0 aliphatic carbocycles. The molecule has 98 valence electrons. The molecule has 1 heterocycles. The van der Waals surface area contributed by atoms with Gasteiger partial charge in [-0.3, -0.25) is 0 Å². The summed E-state index contributed by atoms with van der Waals surface area (Å²) in [6.45, 7) is 3.40. The molecule has 2 rings (SSSR count). The number of ether oxygens (including phenoxy) is 1. The quantitative estimate of drug-likeness (QED) is 0.860. The zero-order valence-electron chi connectivity index (χ0n) is 10.7. The molecule has 1 aromatic rings. The molecule has 1 fully saturated rings. The summed E-state index contributed by atoms with van der Waals surface area (Å²) < 4.78 is 5.20. The van der Waals surface area contributed by atoms with Crippen molar-refractivity contribution in [2.24, 2.45) is 0 Å². The van der Waals surface area contributed by atoms with Crippen molar-refractivity contribution < 1.29 is 9.53 Å². The van der Waals surface area contributed by atoms with Crippen LogP contribution in [0.25, 0.3) is 0 Å². The van der Waals surface area contributed by atoms with Crippen LogP contribution >= 0.6 is 0 Å². The van der Waals surface area contributed by atoms with Crippen molar-refractivity contribution in [1.82, 2.24) is 10.6 Å². The number of carbonyl (C=O) groups excluding carboxylic acids is 1. The number of benzene rings is 1. The Balaban J connectivity index is 1.72. The predicted molar refractivity (Wildman–Crippen MR) is 70.2 cm³/mol. The van der Waals surface area contributed by atoms with E-state index in [1.807, 2.05) is 30.3 Å². The minimum atomic E-state index is -0.321. The molecular formula is C14H20N2O2. The molecule has 1 amide bonds. The molecule has 2 atom stereocenters. The Morgan fingerprint density at radius 3 is 2.94 bits per heavy atom. The molecule has 1 aliphatic heterocycles. The first-order valence-corrected chi connectivity index (χ1v) is 6.44. The fourth-order valence-corrected chi connectivity index (χ4v) is 2.19. The van der Waals surface area contributed by atoms with Gasteiger partial charge < -0.3 is 15.4 Å². The summed E-state index contributed by atoms with van der Waals surface area (Å²) in [5.41, 5.74) is 1.01. The van der Waals surface area contributed by atoms with Gasteiger partial charge in [0.05, 0.1) is 0 Å². The molecular weight excluding hydrogens is 228 g/mol. The van der Waals surface area contributed by atoms with E-state index in [1.165, 1.54) is 0 Å². The molecule has 0 saturated carbocycles. The topological polar surface area (TPSA) is 50.4 Å². The van der Waals surface area contributed by atoms with Gasteiger partial charge in [0.25, 0.3) is 0 Å². The van der Waals surface area contributed by atoms with Crippen molar-refractivity contribution in [3.8, 4) is 0 Å². The normalized spacial score (nSPS) is 23.4. The third-order valence-electron chi connectivity index (χ3n) is 3.16. The molecule has 4 nitrogen and oxygen atoms in total. The Labute approximate surface area is 108 Å². The third-order valence-corrected chi connectivity index (χ3v) is 3.16. The van der Waals surface area contributed by atoms with Crippen molar-refractivity contribution in [3.05, 3.63) is 35.9 Å². The maximum absolute atomic E-state index is 11.6. The number of amides is 1. The van der Waals surface area contributed by atoms with Crippen LogP contribution in [-0.2, 0) is 11.3 Å². The molecule has 0 spiro atoms. The van der Waals surface area contributed by atoms with Crippen molar-refractivity contribution in [1.29, 1.82) is 0 Å². The Morgan fingerprint density at radius 1 is 1.44 bits per heavy atom. The second-order valence-electron chi connectivity index (χ2n) is 4.78. The van der Waals surface area contributed by atoms with E-state index >= 15 is 0 Å². The maximum atomic E-state index is 11.6. The highest BCUT2D eigenvalue weighted by molar-refractivity contribution is 5.67. The van der Waals surface area contributed by atoms with Gasteiger partial charge in [0.15, 0.2) is 0 Å². The van der Waals surface area contributed by atoms with Crippen LogP contribution in [-0.4, -0.2) is 24.7 Å². The highest BCUT2D eigenvalue weighted by Crippen LogP contribution is 2.08. The molecule has 1 saturated heterocycles. The third kappa shape index (κ3) is 4.04. The summed E-state index contributed by atoms with van der Waals surface area (Å²) in [6, 6.07) is 10.4. The molecule has 2 unspecified atom stereocenters. The Morgan fingerprint density at radius 2 is 2.22 bits per heavy atom. The van der Waals surface area contributed by atoms with Crippen LogP contribution in [0.4, 0.5) is 4.79 Å². The van der Waals surface area contributed by atoms with E-state index in [-0.39, 0.29) is 12.1 Å². The lowest BCUT2D eigenvalue weighted by molar-refractivity contribution is 0.132. The number of carbonyl (C=O) groups is 1.